The first-order chi connectivity index (χ1) is 11.2. The quantitative estimate of drug-likeness (QED) is 0.907. The molecule has 3 heteroatoms. The van der Waals surface area contributed by atoms with Crippen molar-refractivity contribution in [2.75, 3.05) is 23.3 Å². The maximum absolute atomic E-state index is 12.5. The monoisotopic (exact) mass is 308 g/mol. The molecule has 3 nitrogen and oxygen atoms in total. The number of amides is 1. The first kappa shape index (κ1) is 15.6. The normalized spacial score (nSPS) is 14.1. The summed E-state index contributed by atoms with van der Waals surface area (Å²) in [6, 6.07) is 14.1. The van der Waals surface area contributed by atoms with Crippen LogP contribution in [0.5, 0.6) is 0 Å². The van der Waals surface area contributed by atoms with Crippen molar-refractivity contribution in [1.29, 1.82) is 0 Å². The lowest BCUT2D eigenvalue weighted by atomic mass is 10.1. The number of aryl methyl sites for hydroxylation is 2. The Morgan fingerprint density at radius 1 is 1.09 bits per heavy atom. The van der Waals surface area contributed by atoms with Crippen LogP contribution in [0, 0.1) is 6.92 Å². The van der Waals surface area contributed by atoms with Gasteiger partial charge in [0.1, 0.15) is 0 Å². The number of carbonyl (C=O) groups excluding carboxylic acids is 1. The van der Waals surface area contributed by atoms with E-state index in [2.05, 4.69) is 35.3 Å². The van der Waals surface area contributed by atoms with Gasteiger partial charge in [-0.15, -0.1) is 0 Å². The zero-order valence-corrected chi connectivity index (χ0v) is 13.9. The molecule has 0 saturated carbocycles. The SMILES string of the molecule is CCc1cccc(C)c1NC(=O)c1ccc(N2CCCC2)cc1. The molecule has 1 aliphatic heterocycles. The van der Waals surface area contributed by atoms with E-state index >= 15 is 0 Å². The van der Waals surface area contributed by atoms with Crippen molar-refractivity contribution in [3.63, 3.8) is 0 Å². The van der Waals surface area contributed by atoms with Crippen LogP contribution < -0.4 is 10.2 Å². The smallest absolute Gasteiger partial charge is 0.255 e. The van der Waals surface area contributed by atoms with Gasteiger partial charge in [0.25, 0.3) is 5.91 Å². The maximum Gasteiger partial charge on any atom is 0.255 e. The van der Waals surface area contributed by atoms with Gasteiger partial charge in [-0.05, 0) is 61.6 Å². The molecule has 1 aliphatic rings. The van der Waals surface area contributed by atoms with Gasteiger partial charge in [0.05, 0.1) is 0 Å². The van der Waals surface area contributed by atoms with E-state index in [9.17, 15) is 4.79 Å². The number of benzene rings is 2. The maximum atomic E-state index is 12.5. The molecule has 0 atom stereocenters. The molecule has 0 unspecified atom stereocenters. The van der Waals surface area contributed by atoms with Crippen molar-refractivity contribution >= 4 is 17.3 Å². The molecule has 3 rings (SSSR count). The number of nitrogens with one attached hydrogen (secondary N) is 1. The van der Waals surface area contributed by atoms with Gasteiger partial charge in [0.15, 0.2) is 0 Å². The lowest BCUT2D eigenvalue weighted by Crippen LogP contribution is -2.18. The largest absolute Gasteiger partial charge is 0.372 e. The average Bonchev–Trinajstić information content (AvgIpc) is 3.11. The van der Waals surface area contributed by atoms with E-state index < -0.39 is 0 Å². The summed E-state index contributed by atoms with van der Waals surface area (Å²) < 4.78 is 0. The van der Waals surface area contributed by atoms with Gasteiger partial charge >= 0.3 is 0 Å². The Morgan fingerprint density at radius 2 is 1.78 bits per heavy atom. The van der Waals surface area contributed by atoms with Crippen molar-refractivity contribution in [1.82, 2.24) is 0 Å². The third kappa shape index (κ3) is 3.39. The fraction of sp³-hybridized carbons (Fsp3) is 0.350. The summed E-state index contributed by atoms with van der Waals surface area (Å²) in [4.78, 5) is 14.9. The Kier molecular flexibility index (Phi) is 4.65. The van der Waals surface area contributed by atoms with E-state index in [0.717, 1.165) is 30.8 Å². The zero-order chi connectivity index (χ0) is 16.2. The van der Waals surface area contributed by atoms with Crippen LogP contribution in [0.25, 0.3) is 0 Å². The lowest BCUT2D eigenvalue weighted by molar-refractivity contribution is 0.102. The molecule has 120 valence electrons. The first-order valence-corrected chi connectivity index (χ1v) is 8.44. The summed E-state index contributed by atoms with van der Waals surface area (Å²) >= 11 is 0. The summed E-state index contributed by atoms with van der Waals surface area (Å²) in [6.07, 6.45) is 3.43. The van der Waals surface area contributed by atoms with Gasteiger partial charge in [-0.3, -0.25) is 4.79 Å². The van der Waals surface area contributed by atoms with Crippen LogP contribution in [0.15, 0.2) is 42.5 Å². The predicted octanol–water partition coefficient (Wildman–Crippen LogP) is 4.41. The highest BCUT2D eigenvalue weighted by Gasteiger charge is 2.14. The third-order valence-electron chi connectivity index (χ3n) is 4.58. The van der Waals surface area contributed by atoms with Crippen LogP contribution in [0.1, 0.15) is 41.3 Å². The van der Waals surface area contributed by atoms with Gasteiger partial charge in [-0.25, -0.2) is 0 Å². The van der Waals surface area contributed by atoms with Crippen LogP contribution >= 0.6 is 0 Å². The standard InChI is InChI=1S/C20H24N2O/c1-3-16-8-6-7-15(2)19(16)21-20(23)17-9-11-18(12-10-17)22-13-4-5-14-22/h6-12H,3-5,13-14H2,1-2H3,(H,21,23). The van der Waals surface area contributed by atoms with E-state index in [0.29, 0.717) is 5.56 Å². The first-order valence-electron chi connectivity index (χ1n) is 8.44. The number of para-hydroxylation sites is 1. The molecule has 1 N–H and O–H groups in total. The Morgan fingerprint density at radius 3 is 2.43 bits per heavy atom. The highest BCUT2D eigenvalue weighted by molar-refractivity contribution is 6.05. The minimum Gasteiger partial charge on any atom is -0.372 e. The number of rotatable bonds is 4. The molecule has 0 radical (unpaired) electrons. The Bertz CT molecular complexity index is 685. The molecule has 23 heavy (non-hydrogen) atoms. The molecule has 1 heterocycles. The summed E-state index contributed by atoms with van der Waals surface area (Å²) in [5.74, 6) is -0.0398. The molecule has 2 aromatic carbocycles. The van der Waals surface area contributed by atoms with Crippen LogP contribution in [-0.2, 0) is 6.42 Å². The fourth-order valence-electron chi connectivity index (χ4n) is 3.19. The van der Waals surface area contributed by atoms with Gasteiger partial charge in [0, 0.05) is 30.0 Å². The topological polar surface area (TPSA) is 32.3 Å². The van der Waals surface area contributed by atoms with Crippen molar-refractivity contribution in [3.05, 3.63) is 59.2 Å². The van der Waals surface area contributed by atoms with Gasteiger partial charge < -0.3 is 10.2 Å². The lowest BCUT2D eigenvalue weighted by Gasteiger charge is -2.18. The molecule has 2 aromatic rings. The van der Waals surface area contributed by atoms with E-state index in [1.54, 1.807) is 0 Å². The number of hydrogen-bond acceptors (Lipinski definition) is 2. The van der Waals surface area contributed by atoms with Gasteiger partial charge in [-0.1, -0.05) is 25.1 Å². The fourth-order valence-corrected chi connectivity index (χ4v) is 3.19. The molecule has 0 bridgehead atoms. The highest BCUT2D eigenvalue weighted by atomic mass is 16.1. The molecule has 0 spiro atoms. The summed E-state index contributed by atoms with van der Waals surface area (Å²) in [6.45, 7) is 6.38. The number of anilines is 2. The molecule has 1 fully saturated rings. The van der Waals surface area contributed by atoms with E-state index in [1.807, 2.05) is 31.2 Å². The van der Waals surface area contributed by atoms with Crippen molar-refractivity contribution in [3.8, 4) is 0 Å². The minimum absolute atomic E-state index is 0.0398. The van der Waals surface area contributed by atoms with Crippen LogP contribution in [-0.4, -0.2) is 19.0 Å². The van der Waals surface area contributed by atoms with Crippen molar-refractivity contribution in [2.45, 2.75) is 33.1 Å². The van der Waals surface area contributed by atoms with Gasteiger partial charge in [-0.2, -0.15) is 0 Å². The van der Waals surface area contributed by atoms with Crippen molar-refractivity contribution < 1.29 is 4.79 Å². The van der Waals surface area contributed by atoms with E-state index in [4.69, 9.17) is 0 Å². The van der Waals surface area contributed by atoms with Crippen LogP contribution in [0.3, 0.4) is 0 Å². The number of hydrogen-bond donors (Lipinski definition) is 1. The number of carbonyl (C=O) groups is 1. The summed E-state index contributed by atoms with van der Waals surface area (Å²) in [7, 11) is 0. The van der Waals surface area contributed by atoms with Crippen LogP contribution in [0.4, 0.5) is 11.4 Å². The summed E-state index contributed by atoms with van der Waals surface area (Å²) in [5.41, 5.74) is 5.14. The molecule has 1 amide bonds. The average molecular weight is 308 g/mol. The predicted molar refractivity (Wildman–Crippen MR) is 96.4 cm³/mol. The minimum atomic E-state index is -0.0398. The molecule has 1 saturated heterocycles. The molecular weight excluding hydrogens is 284 g/mol. The number of nitrogens with zero attached hydrogens (tertiary/aromatic N) is 1. The zero-order valence-electron chi connectivity index (χ0n) is 13.9. The highest BCUT2D eigenvalue weighted by Crippen LogP contribution is 2.23. The summed E-state index contributed by atoms with van der Waals surface area (Å²) in [5, 5.41) is 3.08. The Labute approximate surface area is 138 Å². The van der Waals surface area contributed by atoms with E-state index in [1.165, 1.54) is 24.1 Å². The second-order valence-corrected chi connectivity index (χ2v) is 6.16. The van der Waals surface area contributed by atoms with Crippen LogP contribution in [0.2, 0.25) is 0 Å². The van der Waals surface area contributed by atoms with Gasteiger partial charge in [0.2, 0.25) is 0 Å². The second-order valence-electron chi connectivity index (χ2n) is 6.16. The third-order valence-corrected chi connectivity index (χ3v) is 4.58. The molecule has 0 aliphatic carbocycles. The van der Waals surface area contributed by atoms with Crippen molar-refractivity contribution in [2.24, 2.45) is 0 Å². The molecular formula is C20H24N2O. The Hall–Kier alpha value is -2.29. The van der Waals surface area contributed by atoms with E-state index in [-0.39, 0.29) is 5.91 Å². The molecule has 0 aromatic heterocycles. The Balaban J connectivity index is 1.76. The second kappa shape index (κ2) is 6.86.